The van der Waals surface area contributed by atoms with Gasteiger partial charge in [0.05, 0.1) is 6.21 Å². The minimum atomic E-state index is 0.101. The largest absolute Gasteiger partial charge is 0.356 e. The summed E-state index contributed by atoms with van der Waals surface area (Å²) in [7, 11) is 1.68. The van der Waals surface area contributed by atoms with E-state index in [1.807, 2.05) is 11.1 Å². The van der Waals surface area contributed by atoms with Crippen molar-refractivity contribution in [2.24, 2.45) is 5.10 Å². The fourth-order valence-electron chi connectivity index (χ4n) is 1.10. The van der Waals surface area contributed by atoms with E-state index < -0.39 is 0 Å². The number of rotatable bonds is 1. The van der Waals surface area contributed by atoms with E-state index in [2.05, 4.69) is 10.4 Å². The van der Waals surface area contributed by atoms with E-state index >= 15 is 0 Å². The molecule has 4 heteroatoms. The van der Waals surface area contributed by atoms with Crippen molar-refractivity contribution in [1.82, 2.24) is 10.3 Å². The molecule has 0 spiro atoms. The number of fused-ring (bicyclic) bond motifs is 1. The van der Waals surface area contributed by atoms with Crippen LogP contribution in [0.4, 0.5) is 0 Å². The molecule has 0 saturated carbocycles. The highest BCUT2D eigenvalue weighted by Gasteiger charge is 2.38. The third-order valence-electron chi connectivity index (χ3n) is 1.65. The second-order valence-electron chi connectivity index (χ2n) is 2.27. The lowest BCUT2D eigenvalue weighted by Gasteiger charge is -1.99. The van der Waals surface area contributed by atoms with Gasteiger partial charge in [-0.2, -0.15) is 0 Å². The van der Waals surface area contributed by atoms with E-state index in [1.54, 1.807) is 13.3 Å². The van der Waals surface area contributed by atoms with Crippen molar-refractivity contribution < 1.29 is 4.74 Å². The molecule has 1 fully saturated rings. The molecule has 2 rings (SSSR count). The van der Waals surface area contributed by atoms with Gasteiger partial charge in [0.1, 0.15) is 0 Å². The molecule has 2 aliphatic heterocycles. The molecule has 0 bridgehead atoms. The quantitative estimate of drug-likeness (QED) is 0.499. The average molecular weight is 139 g/mol. The molecule has 1 unspecified atom stereocenters. The maximum absolute atomic E-state index is 5.08. The Morgan fingerprint density at radius 3 is 3.50 bits per heavy atom. The van der Waals surface area contributed by atoms with Crippen LogP contribution in [0.3, 0.4) is 0 Å². The van der Waals surface area contributed by atoms with Gasteiger partial charge in [0.2, 0.25) is 6.54 Å². The Balaban J connectivity index is 2.08. The van der Waals surface area contributed by atoms with E-state index in [0.29, 0.717) is 0 Å². The third kappa shape index (κ3) is 0.732. The van der Waals surface area contributed by atoms with Crippen molar-refractivity contribution in [3.05, 3.63) is 11.9 Å². The standard InChI is InChI=1S/C6H9N3O/c1-10-6-4-9-5(8-6)2-3-7-9/h2-3,6,8H,4H2,1H3/q+1. The van der Waals surface area contributed by atoms with Crippen LogP contribution in [0, 0.1) is 0 Å². The fourth-order valence-corrected chi connectivity index (χ4v) is 1.10. The normalized spacial score (nSPS) is 30.1. The van der Waals surface area contributed by atoms with Crippen LogP contribution in [0.25, 0.3) is 0 Å². The average Bonchev–Trinajstić information content (AvgIpc) is 2.42. The molecule has 53 valence electrons. The maximum atomic E-state index is 5.08. The summed E-state index contributed by atoms with van der Waals surface area (Å²) in [6.07, 6.45) is 3.80. The number of nitrogens with one attached hydrogen (secondary N) is 1. The molecule has 1 radical (unpaired) electrons. The first-order valence-electron chi connectivity index (χ1n) is 3.21. The zero-order valence-electron chi connectivity index (χ0n) is 5.74. The van der Waals surface area contributed by atoms with Gasteiger partial charge in [0.25, 0.3) is 5.82 Å². The smallest absolute Gasteiger partial charge is 0.284 e. The van der Waals surface area contributed by atoms with Gasteiger partial charge in [0.15, 0.2) is 6.23 Å². The van der Waals surface area contributed by atoms with Gasteiger partial charge >= 0.3 is 0 Å². The van der Waals surface area contributed by atoms with Crippen molar-refractivity contribution in [2.75, 3.05) is 13.7 Å². The van der Waals surface area contributed by atoms with Gasteiger partial charge in [-0.25, -0.2) is 0 Å². The van der Waals surface area contributed by atoms with E-state index in [-0.39, 0.29) is 6.23 Å². The van der Waals surface area contributed by atoms with Crippen LogP contribution in [0.15, 0.2) is 17.0 Å². The number of methoxy groups -OCH3 is 1. The summed E-state index contributed by atoms with van der Waals surface area (Å²) >= 11 is 0. The van der Waals surface area contributed by atoms with Gasteiger partial charge in [-0.3, -0.25) is 0 Å². The van der Waals surface area contributed by atoms with Gasteiger partial charge in [-0.15, -0.1) is 0 Å². The van der Waals surface area contributed by atoms with Crippen LogP contribution in [-0.4, -0.2) is 26.1 Å². The maximum Gasteiger partial charge on any atom is 0.284 e. The number of nitrogens with zero attached hydrogens (tertiary/aromatic N) is 2. The highest BCUT2D eigenvalue weighted by molar-refractivity contribution is 5.74. The molecule has 4 nitrogen and oxygen atoms in total. The predicted molar refractivity (Wildman–Crippen MR) is 37.5 cm³/mol. The van der Waals surface area contributed by atoms with Crippen LogP contribution in [0.5, 0.6) is 0 Å². The Hall–Kier alpha value is -0.870. The summed E-state index contributed by atoms with van der Waals surface area (Å²) < 4.78 is 5.08. The zero-order chi connectivity index (χ0) is 6.97. The van der Waals surface area contributed by atoms with Gasteiger partial charge in [0, 0.05) is 18.2 Å². The second kappa shape index (κ2) is 2.07. The molecule has 0 aliphatic carbocycles. The molecular weight excluding hydrogens is 130 g/mol. The minimum Gasteiger partial charge on any atom is -0.356 e. The van der Waals surface area contributed by atoms with E-state index in [1.165, 1.54) is 0 Å². The first-order chi connectivity index (χ1) is 4.90. The Labute approximate surface area is 59.2 Å². The lowest BCUT2D eigenvalue weighted by atomic mass is 10.6. The molecular formula is C6H9N3O+. The first kappa shape index (κ1) is 5.88. The summed E-state index contributed by atoms with van der Waals surface area (Å²) in [5.41, 5.74) is 0. The van der Waals surface area contributed by atoms with Gasteiger partial charge < -0.3 is 10.1 Å². The van der Waals surface area contributed by atoms with Crippen LogP contribution < -0.4 is 10.3 Å². The van der Waals surface area contributed by atoms with E-state index in [0.717, 1.165) is 12.4 Å². The molecule has 0 aromatic heterocycles. The van der Waals surface area contributed by atoms with Crippen molar-refractivity contribution in [1.29, 1.82) is 0 Å². The number of ether oxygens (including phenoxy) is 1. The lowest BCUT2D eigenvalue weighted by molar-refractivity contribution is 0.0995. The number of hydrogen-bond acceptors (Lipinski definition) is 4. The fraction of sp³-hybridized carbons (Fsp3) is 0.500. The van der Waals surface area contributed by atoms with Crippen LogP contribution in [0.1, 0.15) is 0 Å². The van der Waals surface area contributed by atoms with Crippen LogP contribution in [-0.2, 0) is 4.74 Å². The highest BCUT2D eigenvalue weighted by atomic mass is 16.5. The van der Waals surface area contributed by atoms with Gasteiger partial charge in [-0.1, -0.05) is 0 Å². The molecule has 1 N–H and O–H groups in total. The zero-order valence-corrected chi connectivity index (χ0v) is 5.74. The highest BCUT2D eigenvalue weighted by Crippen LogP contribution is 2.12. The summed E-state index contributed by atoms with van der Waals surface area (Å²) in [5.74, 6) is 1.03. The third-order valence-corrected chi connectivity index (χ3v) is 1.65. The predicted octanol–water partition coefficient (Wildman–Crippen LogP) is -0.457. The molecule has 2 aliphatic rings. The summed E-state index contributed by atoms with van der Waals surface area (Å²) in [4.78, 5) is 0. The van der Waals surface area contributed by atoms with Gasteiger partial charge in [-0.05, 0) is 5.10 Å². The molecule has 1 atom stereocenters. The van der Waals surface area contributed by atoms with Crippen LogP contribution >= 0.6 is 0 Å². The number of allylic oxidation sites excluding steroid dienone is 1. The monoisotopic (exact) mass is 139 g/mol. The molecule has 0 aromatic carbocycles. The minimum absolute atomic E-state index is 0.101. The first-order valence-corrected chi connectivity index (χ1v) is 3.21. The van der Waals surface area contributed by atoms with E-state index in [9.17, 15) is 0 Å². The Bertz CT molecular complexity index is 199. The molecule has 0 amide bonds. The van der Waals surface area contributed by atoms with Crippen molar-refractivity contribution in [3.63, 3.8) is 0 Å². The summed E-state index contributed by atoms with van der Waals surface area (Å²) in [6.45, 7) is 0.804. The molecule has 0 aromatic rings. The molecule has 2 heterocycles. The van der Waals surface area contributed by atoms with Crippen LogP contribution in [0.2, 0.25) is 0 Å². The summed E-state index contributed by atoms with van der Waals surface area (Å²) in [5, 5.41) is 9.09. The second-order valence-corrected chi connectivity index (χ2v) is 2.27. The topological polar surface area (TPSA) is 39.5 Å². The van der Waals surface area contributed by atoms with Crippen molar-refractivity contribution >= 4 is 6.21 Å². The Morgan fingerprint density at radius 1 is 1.90 bits per heavy atom. The van der Waals surface area contributed by atoms with E-state index in [4.69, 9.17) is 4.74 Å². The SMILES string of the molecule is COC1C[N+]2N=CC=C2N1. The summed E-state index contributed by atoms with van der Waals surface area (Å²) in [6, 6.07) is 0. The van der Waals surface area contributed by atoms with Crippen molar-refractivity contribution in [2.45, 2.75) is 6.23 Å². The lowest BCUT2D eigenvalue weighted by Crippen LogP contribution is -2.25. The van der Waals surface area contributed by atoms with Crippen molar-refractivity contribution in [3.8, 4) is 0 Å². The molecule has 10 heavy (non-hydrogen) atoms. The number of hydrogen-bond donors (Lipinski definition) is 1. The number of hydrazone groups is 1. The molecule has 1 saturated heterocycles. The Morgan fingerprint density at radius 2 is 2.80 bits per heavy atom. The Kier molecular flexibility index (Phi) is 1.22.